The standard InChI is InChI=1S/C21H29F3OS/c1-2-3-4-5-6-7-8-9-10-11-12-13-14-15-16-17-18-26-19-20(25)21(22,23)24/h3-4,6-7,9-10,12-13,16-17H,2,5,8,11,14-15,18-19H2,1H3. The molecule has 0 amide bonds. The molecule has 26 heavy (non-hydrogen) atoms. The molecule has 146 valence electrons. The second-order valence-corrected chi connectivity index (χ2v) is 6.52. The van der Waals surface area contributed by atoms with E-state index in [1.165, 1.54) is 0 Å². The average Bonchev–Trinajstić information content (AvgIpc) is 2.59. The van der Waals surface area contributed by atoms with Gasteiger partial charge in [0.2, 0.25) is 5.78 Å². The fraction of sp³-hybridized carbons (Fsp3) is 0.476. The summed E-state index contributed by atoms with van der Waals surface area (Å²) >= 11 is 0.982. The predicted octanol–water partition coefficient (Wildman–Crippen LogP) is 6.99. The van der Waals surface area contributed by atoms with Gasteiger partial charge in [-0.3, -0.25) is 4.79 Å². The Labute approximate surface area is 159 Å². The fourth-order valence-corrected chi connectivity index (χ4v) is 2.52. The minimum absolute atomic E-state index is 0.427. The Bertz CT molecular complexity index is 500. The first-order valence-corrected chi connectivity index (χ1v) is 10.1. The maximum Gasteiger partial charge on any atom is 0.450 e. The van der Waals surface area contributed by atoms with Crippen molar-refractivity contribution in [2.24, 2.45) is 0 Å². The second kappa shape index (κ2) is 17.0. The van der Waals surface area contributed by atoms with Crippen molar-refractivity contribution < 1.29 is 18.0 Å². The normalized spacial score (nSPS) is 13.4. The summed E-state index contributed by atoms with van der Waals surface area (Å²) in [4.78, 5) is 10.6. The van der Waals surface area contributed by atoms with Crippen LogP contribution in [-0.2, 0) is 4.79 Å². The molecule has 0 spiro atoms. The number of thioether (sulfide) groups is 1. The number of allylic oxidation sites excluding steroid dienone is 9. The Hall–Kier alpha value is -1.49. The van der Waals surface area contributed by atoms with Gasteiger partial charge in [-0.05, 0) is 38.5 Å². The maximum atomic E-state index is 12.0. The number of carbonyl (C=O) groups excluding carboxylic acids is 1. The lowest BCUT2D eigenvalue weighted by atomic mass is 10.2. The average molecular weight is 387 g/mol. The zero-order chi connectivity index (χ0) is 19.5. The smallest absolute Gasteiger partial charge is 0.289 e. The Kier molecular flexibility index (Phi) is 16.0. The van der Waals surface area contributed by atoms with Crippen molar-refractivity contribution in [1.82, 2.24) is 0 Å². The third-order valence-corrected chi connectivity index (χ3v) is 4.04. The fourth-order valence-electron chi connectivity index (χ4n) is 1.78. The van der Waals surface area contributed by atoms with Crippen molar-refractivity contribution in [3.8, 4) is 0 Å². The first kappa shape index (κ1) is 24.5. The number of hydrogen-bond donors (Lipinski definition) is 0. The number of unbranched alkanes of at least 4 members (excludes halogenated alkanes) is 1. The molecule has 0 saturated carbocycles. The van der Waals surface area contributed by atoms with E-state index in [1.807, 2.05) is 12.2 Å². The van der Waals surface area contributed by atoms with E-state index in [4.69, 9.17) is 0 Å². The van der Waals surface area contributed by atoms with Crippen LogP contribution in [0, 0.1) is 0 Å². The predicted molar refractivity (Wildman–Crippen MR) is 107 cm³/mol. The highest BCUT2D eigenvalue weighted by atomic mass is 32.2. The SMILES string of the molecule is CCC=CCC=CCC=CCC=CCCC=CCSCC(=O)C(F)(F)F. The number of halogens is 3. The summed E-state index contributed by atoms with van der Waals surface area (Å²) in [5, 5.41) is 0. The van der Waals surface area contributed by atoms with Gasteiger partial charge >= 0.3 is 6.18 Å². The first-order valence-electron chi connectivity index (χ1n) is 8.91. The van der Waals surface area contributed by atoms with Gasteiger partial charge in [-0.15, -0.1) is 11.8 Å². The van der Waals surface area contributed by atoms with Gasteiger partial charge in [-0.25, -0.2) is 0 Å². The molecule has 0 bridgehead atoms. The number of rotatable bonds is 14. The third-order valence-electron chi connectivity index (χ3n) is 3.15. The van der Waals surface area contributed by atoms with Crippen molar-refractivity contribution in [1.29, 1.82) is 0 Å². The van der Waals surface area contributed by atoms with Crippen molar-refractivity contribution in [2.45, 2.75) is 51.6 Å². The topological polar surface area (TPSA) is 17.1 Å². The summed E-state index contributed by atoms with van der Waals surface area (Å²) in [5.41, 5.74) is 0. The molecule has 0 rings (SSSR count). The molecule has 0 aliphatic carbocycles. The highest BCUT2D eigenvalue weighted by Gasteiger charge is 2.37. The summed E-state index contributed by atoms with van der Waals surface area (Å²) in [5.74, 6) is -1.75. The molecular weight excluding hydrogens is 357 g/mol. The van der Waals surface area contributed by atoms with Gasteiger partial charge < -0.3 is 0 Å². The van der Waals surface area contributed by atoms with Crippen LogP contribution in [0.15, 0.2) is 60.8 Å². The summed E-state index contributed by atoms with van der Waals surface area (Å²) < 4.78 is 35.9. The molecule has 0 aliphatic heterocycles. The minimum atomic E-state index is -4.71. The molecule has 0 N–H and O–H groups in total. The molecule has 0 unspecified atom stereocenters. The van der Waals surface area contributed by atoms with E-state index in [9.17, 15) is 18.0 Å². The van der Waals surface area contributed by atoms with Gasteiger partial charge in [0.1, 0.15) is 0 Å². The van der Waals surface area contributed by atoms with Gasteiger partial charge in [-0.1, -0.05) is 67.7 Å². The molecule has 0 aromatic carbocycles. The monoisotopic (exact) mass is 386 g/mol. The molecule has 0 atom stereocenters. The number of alkyl halides is 3. The molecule has 0 aromatic rings. The molecule has 0 saturated heterocycles. The first-order chi connectivity index (χ1) is 12.5. The molecule has 0 aromatic heterocycles. The lowest BCUT2D eigenvalue weighted by molar-refractivity contribution is -0.167. The summed E-state index contributed by atoms with van der Waals surface area (Å²) in [7, 11) is 0. The van der Waals surface area contributed by atoms with Crippen LogP contribution in [0.25, 0.3) is 0 Å². The van der Waals surface area contributed by atoms with Crippen LogP contribution in [-0.4, -0.2) is 23.5 Å². The van der Waals surface area contributed by atoms with Gasteiger partial charge in [0, 0.05) is 5.75 Å². The zero-order valence-corrected chi connectivity index (χ0v) is 16.2. The van der Waals surface area contributed by atoms with Crippen LogP contribution < -0.4 is 0 Å². The quantitative estimate of drug-likeness (QED) is 0.236. The van der Waals surface area contributed by atoms with Crippen LogP contribution in [0.4, 0.5) is 13.2 Å². The van der Waals surface area contributed by atoms with E-state index < -0.39 is 17.7 Å². The van der Waals surface area contributed by atoms with E-state index in [1.54, 1.807) is 0 Å². The van der Waals surface area contributed by atoms with Gasteiger partial charge in [-0.2, -0.15) is 13.2 Å². The molecule has 0 aliphatic rings. The number of carbonyl (C=O) groups is 1. The van der Waals surface area contributed by atoms with Gasteiger partial charge in [0.15, 0.2) is 0 Å². The second-order valence-electron chi connectivity index (χ2n) is 5.49. The molecule has 0 radical (unpaired) electrons. The van der Waals surface area contributed by atoms with E-state index in [-0.39, 0.29) is 0 Å². The molecule has 5 heteroatoms. The van der Waals surface area contributed by atoms with Crippen molar-refractivity contribution >= 4 is 17.5 Å². The van der Waals surface area contributed by atoms with E-state index in [0.29, 0.717) is 5.75 Å². The van der Waals surface area contributed by atoms with E-state index in [2.05, 4.69) is 55.5 Å². The number of Topliss-reactive ketones (excluding diaryl/α,β-unsaturated/α-hetero) is 1. The molecular formula is C21H29F3OS. The third kappa shape index (κ3) is 17.3. The summed E-state index contributed by atoms with van der Waals surface area (Å²) in [6, 6.07) is 0. The number of hydrogen-bond acceptors (Lipinski definition) is 2. The Morgan fingerprint density at radius 1 is 0.769 bits per heavy atom. The Balaban J connectivity index is 3.54. The Morgan fingerprint density at radius 3 is 1.73 bits per heavy atom. The van der Waals surface area contributed by atoms with Crippen LogP contribution in [0.5, 0.6) is 0 Å². The van der Waals surface area contributed by atoms with Crippen molar-refractivity contribution in [3.63, 3.8) is 0 Å². The highest BCUT2D eigenvalue weighted by molar-refractivity contribution is 8.00. The van der Waals surface area contributed by atoms with Crippen LogP contribution in [0.2, 0.25) is 0 Å². The maximum absolute atomic E-state index is 12.0. The van der Waals surface area contributed by atoms with Crippen LogP contribution >= 0.6 is 11.8 Å². The van der Waals surface area contributed by atoms with Crippen LogP contribution in [0.1, 0.15) is 45.4 Å². The largest absolute Gasteiger partial charge is 0.450 e. The van der Waals surface area contributed by atoms with Crippen LogP contribution in [0.3, 0.4) is 0 Å². The van der Waals surface area contributed by atoms with E-state index in [0.717, 1.165) is 50.3 Å². The minimum Gasteiger partial charge on any atom is -0.289 e. The van der Waals surface area contributed by atoms with Gasteiger partial charge in [0.25, 0.3) is 0 Å². The van der Waals surface area contributed by atoms with Crippen molar-refractivity contribution in [3.05, 3.63) is 60.8 Å². The molecule has 1 nitrogen and oxygen atoms in total. The highest BCUT2D eigenvalue weighted by Crippen LogP contribution is 2.18. The zero-order valence-electron chi connectivity index (χ0n) is 15.4. The number of ketones is 1. The van der Waals surface area contributed by atoms with E-state index >= 15 is 0 Å². The lowest BCUT2D eigenvalue weighted by Gasteiger charge is -2.02. The molecule has 0 heterocycles. The summed E-state index contributed by atoms with van der Waals surface area (Å²) in [6.07, 6.45) is 21.8. The Morgan fingerprint density at radius 2 is 1.23 bits per heavy atom. The van der Waals surface area contributed by atoms with Gasteiger partial charge in [0.05, 0.1) is 5.75 Å². The summed E-state index contributed by atoms with van der Waals surface area (Å²) in [6.45, 7) is 2.12. The molecule has 0 fully saturated rings. The van der Waals surface area contributed by atoms with Crippen molar-refractivity contribution in [2.75, 3.05) is 11.5 Å². The lowest BCUT2D eigenvalue weighted by Crippen LogP contribution is -2.24.